The Kier molecular flexibility index (Phi) is 5.75. The Bertz CT molecular complexity index is 1050. The van der Waals surface area contributed by atoms with Gasteiger partial charge >= 0.3 is 5.97 Å². The molecule has 33 heavy (non-hydrogen) atoms. The average molecular weight is 456 g/mol. The fraction of sp³-hybridized carbons (Fsp3) is 0.458. The zero-order valence-electron chi connectivity index (χ0n) is 18.2. The first-order chi connectivity index (χ1) is 15.8. The molecule has 4 N–H and O–H groups in total. The average Bonchev–Trinajstić information content (AvgIpc) is 2.93. The highest BCUT2D eigenvalue weighted by atomic mass is 16.7. The monoisotopic (exact) mass is 456 g/mol. The van der Waals surface area contributed by atoms with Crippen molar-refractivity contribution >= 4 is 11.7 Å². The molecule has 9 heteroatoms. The molecule has 0 saturated carbocycles. The molecule has 2 fully saturated rings. The maximum Gasteiger partial charge on any atom is 0.335 e. The van der Waals surface area contributed by atoms with E-state index in [1.807, 2.05) is 18.2 Å². The number of rotatable bonds is 3. The third kappa shape index (κ3) is 3.96. The molecular weight excluding hydrogens is 428 g/mol. The van der Waals surface area contributed by atoms with Gasteiger partial charge in [0.25, 0.3) is 0 Å². The number of carbonyl (C=O) groups is 1. The second-order valence-corrected chi connectivity index (χ2v) is 8.99. The zero-order valence-corrected chi connectivity index (χ0v) is 18.2. The molecule has 5 rings (SSSR count). The van der Waals surface area contributed by atoms with Crippen molar-refractivity contribution in [2.24, 2.45) is 0 Å². The molecule has 176 valence electrons. The van der Waals surface area contributed by atoms with Crippen molar-refractivity contribution in [1.82, 2.24) is 4.90 Å². The molecule has 3 aliphatic heterocycles. The van der Waals surface area contributed by atoms with Gasteiger partial charge in [0, 0.05) is 25.3 Å². The van der Waals surface area contributed by atoms with Gasteiger partial charge in [0.2, 0.25) is 6.29 Å². The number of para-hydroxylation sites is 1. The van der Waals surface area contributed by atoms with E-state index in [0.717, 1.165) is 25.2 Å². The van der Waals surface area contributed by atoms with Crippen molar-refractivity contribution in [3.63, 3.8) is 0 Å². The quantitative estimate of drug-likeness (QED) is 0.518. The maximum atomic E-state index is 11.4. The number of anilines is 1. The van der Waals surface area contributed by atoms with Gasteiger partial charge in [0.05, 0.1) is 6.04 Å². The number of nitrogens with zero attached hydrogens (tertiary/aromatic N) is 2. The molecule has 2 saturated heterocycles. The van der Waals surface area contributed by atoms with E-state index in [0.29, 0.717) is 12.2 Å². The number of ether oxygens (including phenoxy) is 2. The number of aliphatic hydroxyl groups is 3. The molecule has 3 aliphatic rings. The Morgan fingerprint density at radius 1 is 1.03 bits per heavy atom. The van der Waals surface area contributed by atoms with E-state index in [1.165, 1.54) is 16.8 Å². The Hall–Kier alpha value is -2.69. The van der Waals surface area contributed by atoms with Crippen LogP contribution in [-0.4, -0.2) is 88.7 Å². The lowest BCUT2D eigenvalue weighted by atomic mass is 9.95. The van der Waals surface area contributed by atoms with Crippen LogP contribution in [0.4, 0.5) is 5.69 Å². The van der Waals surface area contributed by atoms with Crippen molar-refractivity contribution < 1.29 is 34.7 Å². The van der Waals surface area contributed by atoms with E-state index >= 15 is 0 Å². The Morgan fingerprint density at radius 2 is 1.82 bits per heavy atom. The lowest BCUT2D eigenvalue weighted by Gasteiger charge is -2.42. The number of hydrogen-bond donors (Lipinski definition) is 4. The predicted molar refractivity (Wildman–Crippen MR) is 118 cm³/mol. The molecule has 0 bridgehead atoms. The summed E-state index contributed by atoms with van der Waals surface area (Å²) in [5, 5.41) is 39.5. The van der Waals surface area contributed by atoms with Crippen molar-refractivity contribution in [3.05, 3.63) is 59.2 Å². The van der Waals surface area contributed by atoms with Gasteiger partial charge in [-0.2, -0.15) is 0 Å². The van der Waals surface area contributed by atoms with E-state index in [1.54, 1.807) is 6.07 Å². The summed E-state index contributed by atoms with van der Waals surface area (Å²) in [6, 6.07) is 14.2. The third-order valence-electron chi connectivity index (χ3n) is 6.80. The third-order valence-corrected chi connectivity index (χ3v) is 6.80. The standard InChI is InChI=1S/C24H28N2O7/c1-25-8-9-26-17-5-3-2-4-13(17)10-14-11-15(6-7-16(14)18(26)12-25)32-24-21(29)19(27)20(28)22(33-24)23(30)31/h2-7,11,18-22,24,27-29H,8-10,12H2,1H3,(H,30,31)/t18-,19+,20+,21-,22+,24+/m0/s1. The molecule has 6 atom stereocenters. The smallest absolute Gasteiger partial charge is 0.335 e. The van der Waals surface area contributed by atoms with Crippen molar-refractivity contribution in [2.45, 2.75) is 43.2 Å². The first kappa shape index (κ1) is 22.1. The molecule has 0 unspecified atom stereocenters. The lowest BCUT2D eigenvalue weighted by molar-refractivity contribution is -0.271. The maximum absolute atomic E-state index is 11.4. The summed E-state index contributed by atoms with van der Waals surface area (Å²) in [7, 11) is 2.12. The predicted octanol–water partition coefficient (Wildman–Crippen LogP) is 0.355. The molecule has 0 aliphatic carbocycles. The minimum atomic E-state index is -1.75. The zero-order chi connectivity index (χ0) is 23.3. The number of hydrogen-bond acceptors (Lipinski definition) is 8. The first-order valence-electron chi connectivity index (χ1n) is 11.1. The fourth-order valence-electron chi connectivity index (χ4n) is 5.04. The lowest BCUT2D eigenvalue weighted by Crippen LogP contribution is -2.61. The van der Waals surface area contributed by atoms with Crippen LogP contribution in [0.3, 0.4) is 0 Å². The second kappa shape index (κ2) is 8.58. The van der Waals surface area contributed by atoms with Gasteiger partial charge in [0.1, 0.15) is 24.1 Å². The number of likely N-dealkylation sites (N-methyl/N-ethyl adjacent to an activating group) is 1. The summed E-state index contributed by atoms with van der Waals surface area (Å²) in [5.74, 6) is -1.05. The summed E-state index contributed by atoms with van der Waals surface area (Å²) in [6.45, 7) is 2.79. The van der Waals surface area contributed by atoms with Crippen LogP contribution in [0.1, 0.15) is 22.7 Å². The van der Waals surface area contributed by atoms with Crippen LogP contribution in [-0.2, 0) is 16.0 Å². The molecule has 0 amide bonds. The number of aliphatic carboxylic acids is 1. The molecule has 9 nitrogen and oxygen atoms in total. The first-order valence-corrected chi connectivity index (χ1v) is 11.1. The van der Waals surface area contributed by atoms with Gasteiger partial charge in [0.15, 0.2) is 6.10 Å². The molecule has 2 aromatic carbocycles. The van der Waals surface area contributed by atoms with Crippen LogP contribution >= 0.6 is 0 Å². The van der Waals surface area contributed by atoms with Crippen molar-refractivity contribution in [1.29, 1.82) is 0 Å². The minimum absolute atomic E-state index is 0.182. The van der Waals surface area contributed by atoms with E-state index in [-0.39, 0.29) is 6.04 Å². The summed E-state index contributed by atoms with van der Waals surface area (Å²) in [4.78, 5) is 16.1. The van der Waals surface area contributed by atoms with E-state index in [2.05, 4.69) is 35.0 Å². The number of piperazine rings is 1. The summed E-state index contributed by atoms with van der Waals surface area (Å²) in [6.07, 6.45) is -7.49. The number of aliphatic hydroxyl groups excluding tert-OH is 3. The van der Waals surface area contributed by atoms with Gasteiger partial charge in [-0.25, -0.2) is 4.79 Å². The number of carboxylic acid groups (broad SMARTS) is 1. The van der Waals surface area contributed by atoms with Gasteiger partial charge in [-0.1, -0.05) is 24.3 Å². The summed E-state index contributed by atoms with van der Waals surface area (Å²) < 4.78 is 11.1. The van der Waals surface area contributed by atoms with Crippen LogP contribution in [0, 0.1) is 0 Å². The van der Waals surface area contributed by atoms with Gasteiger partial charge in [-0.05, 0) is 48.4 Å². The second-order valence-electron chi connectivity index (χ2n) is 8.99. The van der Waals surface area contributed by atoms with Gasteiger partial charge < -0.3 is 39.7 Å². The molecular formula is C24H28N2O7. The SMILES string of the molecule is CN1CCN2c3ccccc3Cc3cc(O[C@@H]4O[C@@H](C(=O)O)[C@H](O)[C@@H](O)[C@@H]4O)ccc3[C@@H]2C1. The Morgan fingerprint density at radius 3 is 2.61 bits per heavy atom. The van der Waals surface area contributed by atoms with Gasteiger partial charge in [-0.15, -0.1) is 0 Å². The Labute approximate surface area is 191 Å². The number of carboxylic acids is 1. The van der Waals surface area contributed by atoms with Crippen LogP contribution in [0.25, 0.3) is 0 Å². The molecule has 0 spiro atoms. The molecule has 0 radical (unpaired) electrons. The highest BCUT2D eigenvalue weighted by Gasteiger charge is 2.48. The fourth-order valence-corrected chi connectivity index (χ4v) is 5.04. The molecule has 3 heterocycles. The topological polar surface area (TPSA) is 123 Å². The normalized spacial score (nSPS) is 31.7. The highest BCUT2D eigenvalue weighted by Crippen LogP contribution is 2.40. The molecule has 0 aromatic heterocycles. The van der Waals surface area contributed by atoms with Crippen LogP contribution < -0.4 is 9.64 Å². The van der Waals surface area contributed by atoms with E-state index in [9.17, 15) is 25.2 Å². The highest BCUT2D eigenvalue weighted by molar-refractivity contribution is 5.73. The minimum Gasteiger partial charge on any atom is -0.479 e. The van der Waals surface area contributed by atoms with E-state index in [4.69, 9.17) is 9.47 Å². The van der Waals surface area contributed by atoms with Crippen molar-refractivity contribution in [3.8, 4) is 5.75 Å². The van der Waals surface area contributed by atoms with E-state index < -0.39 is 36.7 Å². The number of benzene rings is 2. The van der Waals surface area contributed by atoms with Crippen LogP contribution in [0.5, 0.6) is 5.75 Å². The van der Waals surface area contributed by atoms with Crippen molar-refractivity contribution in [2.75, 3.05) is 31.6 Å². The van der Waals surface area contributed by atoms with Gasteiger partial charge in [-0.3, -0.25) is 0 Å². The number of fused-ring (bicyclic) bond motifs is 5. The summed E-state index contributed by atoms with van der Waals surface area (Å²) >= 11 is 0. The molecule has 2 aromatic rings. The summed E-state index contributed by atoms with van der Waals surface area (Å²) in [5.41, 5.74) is 4.70. The van der Waals surface area contributed by atoms with Crippen LogP contribution in [0.15, 0.2) is 42.5 Å². The Balaban J connectivity index is 1.46. The largest absolute Gasteiger partial charge is 0.479 e. The van der Waals surface area contributed by atoms with Crippen LogP contribution in [0.2, 0.25) is 0 Å².